The highest BCUT2D eigenvalue weighted by Gasteiger charge is 2.35. The molecule has 0 radical (unpaired) electrons. The predicted molar refractivity (Wildman–Crippen MR) is 77.2 cm³/mol. The Morgan fingerprint density at radius 3 is 2.55 bits per heavy atom. The summed E-state index contributed by atoms with van der Waals surface area (Å²) >= 11 is 11.8. The molecule has 0 N–H and O–H groups in total. The lowest BCUT2D eigenvalue weighted by Gasteiger charge is -2.25. The molecular weight excluding hydrogens is 299 g/mol. The lowest BCUT2D eigenvalue weighted by molar-refractivity contribution is 0.0706. The molecule has 0 aromatic carbocycles. The molecule has 3 rings (SSSR count). The second-order valence-corrected chi connectivity index (χ2v) is 6.19. The molecule has 4 nitrogen and oxygen atoms in total. The van der Waals surface area contributed by atoms with E-state index in [1.807, 2.05) is 4.90 Å². The van der Waals surface area contributed by atoms with E-state index in [-0.39, 0.29) is 16.2 Å². The van der Waals surface area contributed by atoms with E-state index in [1.54, 1.807) is 12.1 Å². The van der Waals surface area contributed by atoms with Crippen molar-refractivity contribution in [3.63, 3.8) is 0 Å². The van der Waals surface area contributed by atoms with Crippen LogP contribution in [-0.2, 0) is 4.74 Å². The van der Waals surface area contributed by atoms with E-state index in [0.717, 1.165) is 39.0 Å². The molecule has 2 fully saturated rings. The molecule has 1 aliphatic heterocycles. The molecule has 1 saturated heterocycles. The normalized spacial score (nSPS) is 22.0. The topological polar surface area (TPSA) is 42.4 Å². The van der Waals surface area contributed by atoms with Crippen LogP contribution in [0, 0.1) is 5.92 Å². The summed E-state index contributed by atoms with van der Waals surface area (Å²) in [7, 11) is 0. The molecule has 1 atom stereocenters. The summed E-state index contributed by atoms with van der Waals surface area (Å²) in [4.78, 5) is 18.5. The molecule has 6 heteroatoms. The number of carbonyl (C=O) groups excluding carboxylic acids is 1. The van der Waals surface area contributed by atoms with Gasteiger partial charge in [-0.2, -0.15) is 0 Å². The molecule has 0 bridgehead atoms. The van der Waals surface area contributed by atoms with Crippen LogP contribution in [-0.4, -0.2) is 41.6 Å². The van der Waals surface area contributed by atoms with Crippen molar-refractivity contribution in [1.29, 1.82) is 0 Å². The third kappa shape index (κ3) is 3.25. The molecule has 1 saturated carbocycles. The number of nitrogens with zero attached hydrogens (tertiary/aromatic N) is 2. The first-order chi connectivity index (χ1) is 9.63. The fraction of sp³-hybridized carbons (Fsp3) is 0.571. The maximum atomic E-state index is 12.7. The lowest BCUT2D eigenvalue weighted by Crippen LogP contribution is -2.37. The van der Waals surface area contributed by atoms with E-state index in [0.29, 0.717) is 17.5 Å². The first-order valence-electron chi connectivity index (χ1n) is 6.85. The Hall–Kier alpha value is -0.840. The number of hydrogen-bond donors (Lipinski definition) is 0. The van der Waals surface area contributed by atoms with E-state index >= 15 is 0 Å². The molecule has 2 aliphatic rings. The lowest BCUT2D eigenvalue weighted by atomic mass is 10.1. The number of aromatic nitrogens is 1. The van der Waals surface area contributed by atoms with Crippen molar-refractivity contribution in [2.24, 2.45) is 5.92 Å². The number of pyridine rings is 1. The number of rotatable bonds is 4. The van der Waals surface area contributed by atoms with Crippen LogP contribution in [0.4, 0.5) is 0 Å². The Morgan fingerprint density at radius 2 is 2.00 bits per heavy atom. The van der Waals surface area contributed by atoms with Crippen molar-refractivity contribution < 1.29 is 9.53 Å². The van der Waals surface area contributed by atoms with E-state index < -0.39 is 0 Å². The molecule has 2 heterocycles. The summed E-state index contributed by atoms with van der Waals surface area (Å²) in [5.74, 6) is 0.429. The summed E-state index contributed by atoms with van der Waals surface area (Å²) < 4.78 is 5.39. The van der Waals surface area contributed by atoms with Gasteiger partial charge in [-0.1, -0.05) is 23.2 Å². The highest BCUT2D eigenvalue weighted by molar-refractivity contribution is 6.33. The van der Waals surface area contributed by atoms with Crippen molar-refractivity contribution in [1.82, 2.24) is 9.88 Å². The van der Waals surface area contributed by atoms with Gasteiger partial charge in [0.1, 0.15) is 10.3 Å². The molecule has 20 heavy (non-hydrogen) atoms. The molecule has 0 spiro atoms. The number of amides is 1. The minimum atomic E-state index is -0.00870. The Kier molecular flexibility index (Phi) is 4.15. The highest BCUT2D eigenvalue weighted by Crippen LogP contribution is 2.31. The smallest absolute Gasteiger partial charge is 0.254 e. The summed E-state index contributed by atoms with van der Waals surface area (Å²) in [5, 5.41) is 0.501. The standard InChI is InChI=1S/C14H16Cl2N2O2/c15-12-5-10(6-13(16)17-12)14(19)18(11-1-2-11)7-9-3-4-20-8-9/h5-6,9,11H,1-4,7-8H2. The predicted octanol–water partition coefficient (Wildman–Crippen LogP) is 3.03. The van der Waals surface area contributed by atoms with Crippen LogP contribution < -0.4 is 0 Å². The van der Waals surface area contributed by atoms with Gasteiger partial charge in [-0.25, -0.2) is 4.98 Å². The minimum absolute atomic E-state index is 0.00870. The largest absolute Gasteiger partial charge is 0.381 e. The third-order valence-corrected chi connectivity index (χ3v) is 4.12. The van der Waals surface area contributed by atoms with Gasteiger partial charge >= 0.3 is 0 Å². The average Bonchev–Trinajstić information content (AvgIpc) is 3.11. The van der Waals surface area contributed by atoms with Crippen LogP contribution in [0.1, 0.15) is 29.6 Å². The van der Waals surface area contributed by atoms with E-state index in [2.05, 4.69) is 4.98 Å². The van der Waals surface area contributed by atoms with E-state index in [1.165, 1.54) is 0 Å². The van der Waals surface area contributed by atoms with Gasteiger partial charge in [0.15, 0.2) is 0 Å². The van der Waals surface area contributed by atoms with Gasteiger partial charge in [0.05, 0.1) is 6.61 Å². The number of ether oxygens (including phenoxy) is 1. The highest BCUT2D eigenvalue weighted by atomic mass is 35.5. The van der Waals surface area contributed by atoms with Crippen molar-refractivity contribution >= 4 is 29.1 Å². The summed E-state index contributed by atoms with van der Waals surface area (Å²) in [6, 6.07) is 3.51. The first-order valence-corrected chi connectivity index (χ1v) is 7.61. The SMILES string of the molecule is O=C(c1cc(Cl)nc(Cl)c1)N(CC1CCOC1)C1CC1. The Bertz CT molecular complexity index is 494. The van der Waals surface area contributed by atoms with Crippen LogP contribution in [0.15, 0.2) is 12.1 Å². The zero-order valence-electron chi connectivity index (χ0n) is 11.0. The second-order valence-electron chi connectivity index (χ2n) is 5.42. The van der Waals surface area contributed by atoms with Gasteiger partial charge in [-0.3, -0.25) is 4.79 Å². The minimum Gasteiger partial charge on any atom is -0.381 e. The summed E-state index contributed by atoms with van der Waals surface area (Å²) in [6.07, 6.45) is 3.17. The summed E-state index contributed by atoms with van der Waals surface area (Å²) in [6.45, 7) is 2.29. The van der Waals surface area contributed by atoms with Crippen LogP contribution in [0.25, 0.3) is 0 Å². The Balaban J connectivity index is 1.77. The number of carbonyl (C=O) groups is 1. The van der Waals surface area contributed by atoms with Crippen LogP contribution in [0.3, 0.4) is 0 Å². The summed E-state index contributed by atoms with van der Waals surface area (Å²) in [5.41, 5.74) is 0.515. The molecule has 1 aromatic rings. The van der Waals surface area contributed by atoms with Gasteiger partial charge < -0.3 is 9.64 Å². The van der Waals surface area contributed by atoms with Crippen LogP contribution in [0.5, 0.6) is 0 Å². The maximum absolute atomic E-state index is 12.7. The quantitative estimate of drug-likeness (QED) is 0.802. The molecule has 1 aliphatic carbocycles. The van der Waals surface area contributed by atoms with Crippen molar-refractivity contribution in [3.05, 3.63) is 28.0 Å². The zero-order valence-corrected chi connectivity index (χ0v) is 12.5. The Morgan fingerprint density at radius 1 is 1.30 bits per heavy atom. The third-order valence-electron chi connectivity index (χ3n) is 3.74. The van der Waals surface area contributed by atoms with Crippen molar-refractivity contribution in [3.8, 4) is 0 Å². The fourth-order valence-electron chi connectivity index (χ4n) is 2.54. The molecule has 1 unspecified atom stereocenters. The van der Waals surface area contributed by atoms with Crippen LogP contribution >= 0.6 is 23.2 Å². The van der Waals surface area contributed by atoms with Gasteiger partial charge in [-0.15, -0.1) is 0 Å². The zero-order chi connectivity index (χ0) is 14.1. The van der Waals surface area contributed by atoms with Crippen LogP contribution in [0.2, 0.25) is 10.3 Å². The van der Waals surface area contributed by atoms with E-state index in [9.17, 15) is 4.79 Å². The van der Waals surface area contributed by atoms with Gasteiger partial charge in [0.25, 0.3) is 5.91 Å². The number of halogens is 2. The monoisotopic (exact) mass is 314 g/mol. The Labute approximate surface area is 128 Å². The molecule has 108 valence electrons. The van der Waals surface area contributed by atoms with Gasteiger partial charge in [0, 0.05) is 30.7 Å². The number of hydrogen-bond acceptors (Lipinski definition) is 3. The van der Waals surface area contributed by atoms with E-state index in [4.69, 9.17) is 27.9 Å². The maximum Gasteiger partial charge on any atom is 0.254 e. The molecule has 1 amide bonds. The fourth-order valence-corrected chi connectivity index (χ4v) is 3.00. The van der Waals surface area contributed by atoms with Gasteiger partial charge in [-0.05, 0) is 31.4 Å². The van der Waals surface area contributed by atoms with Gasteiger partial charge in [0.2, 0.25) is 0 Å². The van der Waals surface area contributed by atoms with Crippen molar-refractivity contribution in [2.75, 3.05) is 19.8 Å². The molecule has 1 aromatic heterocycles. The second kappa shape index (κ2) is 5.88. The van der Waals surface area contributed by atoms with Crippen molar-refractivity contribution in [2.45, 2.75) is 25.3 Å². The average molecular weight is 315 g/mol. The molecular formula is C14H16Cl2N2O2. The first kappa shape index (κ1) is 14.1.